The zero-order valence-electron chi connectivity index (χ0n) is 16.2. The van der Waals surface area contributed by atoms with Crippen molar-refractivity contribution in [3.8, 4) is 11.3 Å². The Hall–Kier alpha value is -2.93. The van der Waals surface area contributed by atoms with Gasteiger partial charge in [0.05, 0.1) is 23.0 Å². The molecule has 28 heavy (non-hydrogen) atoms. The SMILES string of the molecule is Cc1ccc(-c2[nH]ncc2C=NNS(=O)(=O)c2ccc(CC(C)C)cc2)cc1. The van der Waals surface area contributed by atoms with Crippen molar-refractivity contribution in [2.45, 2.75) is 32.1 Å². The minimum atomic E-state index is -3.72. The number of nitrogens with zero attached hydrogens (tertiary/aromatic N) is 2. The smallest absolute Gasteiger partial charge is 0.276 e. The largest absolute Gasteiger partial charge is 0.277 e. The summed E-state index contributed by atoms with van der Waals surface area (Å²) in [6, 6.07) is 14.8. The van der Waals surface area contributed by atoms with Gasteiger partial charge in [0.25, 0.3) is 10.0 Å². The summed E-state index contributed by atoms with van der Waals surface area (Å²) in [5, 5.41) is 10.9. The van der Waals surface area contributed by atoms with E-state index in [1.54, 1.807) is 18.3 Å². The van der Waals surface area contributed by atoms with Crippen molar-refractivity contribution < 1.29 is 8.42 Å². The van der Waals surface area contributed by atoms with Gasteiger partial charge < -0.3 is 0 Å². The second-order valence-electron chi connectivity index (χ2n) is 7.16. The van der Waals surface area contributed by atoms with Crippen LogP contribution in [0.1, 0.15) is 30.5 Å². The van der Waals surface area contributed by atoms with E-state index in [0.29, 0.717) is 11.5 Å². The van der Waals surface area contributed by atoms with Crippen LogP contribution in [0.25, 0.3) is 11.3 Å². The summed E-state index contributed by atoms with van der Waals surface area (Å²) >= 11 is 0. The Kier molecular flexibility index (Phi) is 5.94. The van der Waals surface area contributed by atoms with Crippen molar-refractivity contribution in [1.29, 1.82) is 0 Å². The molecule has 3 rings (SSSR count). The first-order valence-electron chi connectivity index (χ1n) is 9.09. The van der Waals surface area contributed by atoms with Crippen LogP contribution in [0.5, 0.6) is 0 Å². The molecule has 6 nitrogen and oxygen atoms in total. The first-order chi connectivity index (χ1) is 13.3. The van der Waals surface area contributed by atoms with Gasteiger partial charge in [-0.05, 0) is 37.0 Å². The van der Waals surface area contributed by atoms with Crippen molar-refractivity contribution in [3.63, 3.8) is 0 Å². The number of rotatable bonds is 7. The van der Waals surface area contributed by atoms with Crippen molar-refractivity contribution in [3.05, 3.63) is 71.4 Å². The van der Waals surface area contributed by atoms with E-state index in [4.69, 9.17) is 0 Å². The Balaban J connectivity index is 1.72. The Morgan fingerprint density at radius 1 is 1.11 bits per heavy atom. The molecule has 0 unspecified atom stereocenters. The molecule has 0 aliphatic rings. The van der Waals surface area contributed by atoms with Crippen LogP contribution in [-0.4, -0.2) is 24.8 Å². The van der Waals surface area contributed by atoms with E-state index < -0.39 is 10.0 Å². The molecule has 0 saturated heterocycles. The monoisotopic (exact) mass is 396 g/mol. The highest BCUT2D eigenvalue weighted by molar-refractivity contribution is 7.89. The predicted octanol–water partition coefficient (Wildman–Crippen LogP) is 3.90. The van der Waals surface area contributed by atoms with Gasteiger partial charge in [0.15, 0.2) is 0 Å². The van der Waals surface area contributed by atoms with Gasteiger partial charge in [-0.15, -0.1) is 0 Å². The van der Waals surface area contributed by atoms with Crippen molar-refractivity contribution in [1.82, 2.24) is 15.0 Å². The number of aryl methyl sites for hydroxylation is 1. The number of aromatic amines is 1. The molecule has 2 N–H and O–H groups in total. The molecule has 0 radical (unpaired) electrons. The van der Waals surface area contributed by atoms with Crippen LogP contribution in [0.15, 0.2) is 64.7 Å². The highest BCUT2D eigenvalue weighted by Crippen LogP contribution is 2.20. The third kappa shape index (κ3) is 4.86. The van der Waals surface area contributed by atoms with Crippen molar-refractivity contribution >= 4 is 16.2 Å². The lowest BCUT2D eigenvalue weighted by molar-refractivity contribution is 0.584. The summed E-state index contributed by atoms with van der Waals surface area (Å²) in [6.07, 6.45) is 3.96. The minimum Gasteiger partial charge on any atom is -0.277 e. The summed E-state index contributed by atoms with van der Waals surface area (Å²) in [6.45, 7) is 6.27. The minimum absolute atomic E-state index is 0.183. The average molecular weight is 397 g/mol. The van der Waals surface area contributed by atoms with Gasteiger partial charge in [0.1, 0.15) is 0 Å². The molecule has 0 aliphatic heterocycles. The topological polar surface area (TPSA) is 87.2 Å². The fraction of sp³-hybridized carbons (Fsp3) is 0.238. The zero-order chi connectivity index (χ0) is 20.1. The molecular formula is C21H24N4O2S. The third-order valence-electron chi connectivity index (χ3n) is 4.26. The van der Waals surface area contributed by atoms with E-state index in [0.717, 1.165) is 28.8 Å². The molecule has 2 aromatic carbocycles. The van der Waals surface area contributed by atoms with Crippen LogP contribution >= 0.6 is 0 Å². The van der Waals surface area contributed by atoms with Gasteiger partial charge in [-0.3, -0.25) is 5.10 Å². The maximum absolute atomic E-state index is 12.4. The molecule has 0 saturated carbocycles. The van der Waals surface area contributed by atoms with E-state index in [1.165, 1.54) is 6.21 Å². The quantitative estimate of drug-likeness (QED) is 0.469. The lowest BCUT2D eigenvalue weighted by atomic mass is 10.0. The molecule has 1 heterocycles. The van der Waals surface area contributed by atoms with Crippen LogP contribution in [0.2, 0.25) is 0 Å². The molecule has 7 heteroatoms. The Labute approximate surface area is 165 Å². The van der Waals surface area contributed by atoms with E-state index in [9.17, 15) is 8.42 Å². The van der Waals surface area contributed by atoms with Crippen LogP contribution in [0.3, 0.4) is 0 Å². The molecule has 0 spiro atoms. The maximum atomic E-state index is 12.4. The molecule has 146 valence electrons. The van der Waals surface area contributed by atoms with E-state index in [-0.39, 0.29) is 4.90 Å². The second kappa shape index (κ2) is 8.39. The van der Waals surface area contributed by atoms with E-state index in [1.807, 2.05) is 43.3 Å². The average Bonchev–Trinajstić information content (AvgIpc) is 3.11. The number of nitrogens with one attached hydrogen (secondary N) is 2. The molecular weight excluding hydrogens is 372 g/mol. The van der Waals surface area contributed by atoms with Gasteiger partial charge in [0, 0.05) is 11.1 Å². The summed E-state index contributed by atoms with van der Waals surface area (Å²) in [7, 11) is -3.72. The molecule has 1 aromatic heterocycles. The normalized spacial score (nSPS) is 12.0. The Morgan fingerprint density at radius 2 is 1.79 bits per heavy atom. The van der Waals surface area contributed by atoms with Gasteiger partial charge in [-0.1, -0.05) is 55.8 Å². The highest BCUT2D eigenvalue weighted by atomic mass is 32.2. The fourth-order valence-electron chi connectivity index (χ4n) is 2.84. The van der Waals surface area contributed by atoms with E-state index in [2.05, 4.69) is 34.0 Å². The standard InChI is InChI=1S/C21H24N4O2S/c1-15(2)12-17-6-10-20(11-7-17)28(26,27)25-23-14-19-13-22-24-21(19)18-8-4-16(3)5-9-18/h4-11,13-15,25H,12H2,1-3H3,(H,22,24). The number of hydrogen-bond acceptors (Lipinski definition) is 4. The molecule has 0 amide bonds. The predicted molar refractivity (Wildman–Crippen MR) is 112 cm³/mol. The first-order valence-corrected chi connectivity index (χ1v) is 10.6. The molecule has 0 atom stereocenters. The van der Waals surface area contributed by atoms with Gasteiger partial charge >= 0.3 is 0 Å². The van der Waals surface area contributed by atoms with Crippen LogP contribution in [0.4, 0.5) is 0 Å². The van der Waals surface area contributed by atoms with Gasteiger partial charge in [-0.25, -0.2) is 4.83 Å². The summed E-state index contributed by atoms with van der Waals surface area (Å²) < 4.78 is 24.9. The van der Waals surface area contributed by atoms with Crippen LogP contribution in [-0.2, 0) is 16.4 Å². The number of sulfonamides is 1. The lowest BCUT2D eigenvalue weighted by Crippen LogP contribution is -2.18. The summed E-state index contributed by atoms with van der Waals surface area (Å²) in [5.74, 6) is 0.517. The Morgan fingerprint density at radius 3 is 2.43 bits per heavy atom. The first kappa shape index (κ1) is 19.8. The van der Waals surface area contributed by atoms with Crippen molar-refractivity contribution in [2.75, 3.05) is 0 Å². The van der Waals surface area contributed by atoms with Gasteiger partial charge in [-0.2, -0.15) is 18.6 Å². The van der Waals surface area contributed by atoms with Gasteiger partial charge in [0.2, 0.25) is 0 Å². The molecule has 0 fully saturated rings. The summed E-state index contributed by atoms with van der Waals surface area (Å²) in [4.78, 5) is 2.45. The maximum Gasteiger partial charge on any atom is 0.276 e. The fourth-order valence-corrected chi connectivity index (χ4v) is 3.63. The number of H-pyrrole nitrogens is 1. The molecule has 0 bridgehead atoms. The van der Waals surface area contributed by atoms with Crippen LogP contribution in [0, 0.1) is 12.8 Å². The van der Waals surface area contributed by atoms with Crippen LogP contribution < -0.4 is 4.83 Å². The third-order valence-corrected chi connectivity index (χ3v) is 5.50. The Bertz CT molecular complexity index is 1050. The molecule has 0 aliphatic carbocycles. The lowest BCUT2D eigenvalue weighted by Gasteiger charge is -2.07. The number of aromatic nitrogens is 2. The zero-order valence-corrected chi connectivity index (χ0v) is 17.0. The summed E-state index contributed by atoms with van der Waals surface area (Å²) in [5.41, 5.74) is 4.69. The molecule has 3 aromatic rings. The number of hydrogen-bond donors (Lipinski definition) is 2. The second-order valence-corrected chi connectivity index (χ2v) is 8.82. The number of benzene rings is 2. The van der Waals surface area contributed by atoms with Crippen molar-refractivity contribution in [2.24, 2.45) is 11.0 Å². The number of hydrazone groups is 1. The van der Waals surface area contributed by atoms with E-state index >= 15 is 0 Å². The highest BCUT2D eigenvalue weighted by Gasteiger charge is 2.13.